The smallest absolute Gasteiger partial charge is 0.0772 e. The lowest BCUT2D eigenvalue weighted by Gasteiger charge is -2.20. The Kier molecular flexibility index (Phi) is 3.21. The third-order valence-electron chi connectivity index (χ3n) is 3.00. The summed E-state index contributed by atoms with van der Waals surface area (Å²) in [5, 5.41) is 3.52. The summed E-state index contributed by atoms with van der Waals surface area (Å²) in [6, 6.07) is 4.54. The molecule has 0 spiro atoms. The van der Waals surface area contributed by atoms with Crippen molar-refractivity contribution in [1.29, 1.82) is 0 Å². The first kappa shape index (κ1) is 10.4. The lowest BCUT2D eigenvalue weighted by atomic mass is 10.2. The minimum Gasteiger partial charge on any atom is -0.380 e. The van der Waals surface area contributed by atoms with Crippen molar-refractivity contribution in [3.63, 3.8) is 0 Å². The SMILES string of the molecule is COC1CCCC1Nc1ccnc(C)c1. The van der Waals surface area contributed by atoms with Crippen molar-refractivity contribution in [3.05, 3.63) is 24.0 Å². The van der Waals surface area contributed by atoms with Gasteiger partial charge in [-0.3, -0.25) is 4.98 Å². The van der Waals surface area contributed by atoms with E-state index in [4.69, 9.17) is 4.74 Å². The van der Waals surface area contributed by atoms with Gasteiger partial charge in [-0.15, -0.1) is 0 Å². The summed E-state index contributed by atoms with van der Waals surface area (Å²) in [5.41, 5.74) is 2.20. The number of nitrogens with one attached hydrogen (secondary N) is 1. The molecule has 0 radical (unpaired) electrons. The van der Waals surface area contributed by atoms with E-state index in [1.165, 1.54) is 12.8 Å². The summed E-state index contributed by atoms with van der Waals surface area (Å²) in [6.07, 6.45) is 5.81. The number of pyridine rings is 1. The number of aromatic nitrogens is 1. The molecule has 1 aromatic heterocycles. The van der Waals surface area contributed by atoms with E-state index in [0.717, 1.165) is 17.8 Å². The zero-order chi connectivity index (χ0) is 10.7. The van der Waals surface area contributed by atoms with Gasteiger partial charge < -0.3 is 10.1 Å². The van der Waals surface area contributed by atoms with Gasteiger partial charge in [0.05, 0.1) is 12.1 Å². The van der Waals surface area contributed by atoms with Crippen LogP contribution in [0.1, 0.15) is 25.0 Å². The second kappa shape index (κ2) is 4.62. The highest BCUT2D eigenvalue weighted by atomic mass is 16.5. The van der Waals surface area contributed by atoms with Crippen LogP contribution in [-0.4, -0.2) is 24.2 Å². The fraction of sp³-hybridized carbons (Fsp3) is 0.583. The highest BCUT2D eigenvalue weighted by Crippen LogP contribution is 2.24. The molecule has 82 valence electrons. The predicted molar refractivity (Wildman–Crippen MR) is 61.0 cm³/mol. The summed E-state index contributed by atoms with van der Waals surface area (Å²) in [6.45, 7) is 2.01. The number of hydrogen-bond donors (Lipinski definition) is 1. The maximum atomic E-state index is 5.45. The first-order valence-electron chi connectivity index (χ1n) is 5.51. The minimum atomic E-state index is 0.360. The third-order valence-corrected chi connectivity index (χ3v) is 3.00. The molecule has 1 fully saturated rings. The van der Waals surface area contributed by atoms with Crippen LogP contribution < -0.4 is 5.32 Å². The zero-order valence-electron chi connectivity index (χ0n) is 9.36. The Balaban J connectivity index is 2.02. The highest BCUT2D eigenvalue weighted by Gasteiger charge is 2.26. The van der Waals surface area contributed by atoms with Gasteiger partial charge in [0.2, 0.25) is 0 Å². The molecule has 2 unspecified atom stereocenters. The van der Waals surface area contributed by atoms with Crippen molar-refractivity contribution < 1.29 is 4.74 Å². The second-order valence-electron chi connectivity index (χ2n) is 4.14. The van der Waals surface area contributed by atoms with Gasteiger partial charge in [-0.1, -0.05) is 0 Å². The fourth-order valence-corrected chi connectivity index (χ4v) is 2.22. The summed E-state index contributed by atoms with van der Waals surface area (Å²) < 4.78 is 5.45. The molecule has 3 nitrogen and oxygen atoms in total. The molecule has 0 aromatic carbocycles. The molecule has 0 saturated heterocycles. The highest BCUT2D eigenvalue weighted by molar-refractivity contribution is 5.44. The number of hydrogen-bond acceptors (Lipinski definition) is 3. The van der Waals surface area contributed by atoms with Crippen LogP contribution in [0.15, 0.2) is 18.3 Å². The molecule has 0 aliphatic heterocycles. The van der Waals surface area contributed by atoms with Gasteiger partial charge in [-0.05, 0) is 38.3 Å². The lowest BCUT2D eigenvalue weighted by Crippen LogP contribution is -2.29. The van der Waals surface area contributed by atoms with Crippen LogP contribution in [0.2, 0.25) is 0 Å². The van der Waals surface area contributed by atoms with E-state index in [1.807, 2.05) is 19.2 Å². The van der Waals surface area contributed by atoms with Gasteiger partial charge in [0.1, 0.15) is 0 Å². The molecule has 1 aliphatic rings. The second-order valence-corrected chi connectivity index (χ2v) is 4.14. The normalized spacial score (nSPS) is 25.5. The fourth-order valence-electron chi connectivity index (χ4n) is 2.22. The molecule has 1 heterocycles. The van der Waals surface area contributed by atoms with Crippen molar-refractivity contribution in [3.8, 4) is 0 Å². The average molecular weight is 206 g/mol. The van der Waals surface area contributed by atoms with Crippen LogP contribution in [0.4, 0.5) is 5.69 Å². The van der Waals surface area contributed by atoms with Crippen LogP contribution in [0.5, 0.6) is 0 Å². The van der Waals surface area contributed by atoms with E-state index in [-0.39, 0.29) is 0 Å². The van der Waals surface area contributed by atoms with Crippen LogP contribution in [0.25, 0.3) is 0 Å². The third kappa shape index (κ3) is 2.48. The summed E-state index contributed by atoms with van der Waals surface area (Å²) in [7, 11) is 1.79. The van der Waals surface area contributed by atoms with Gasteiger partial charge in [-0.2, -0.15) is 0 Å². The molecule has 1 aromatic rings. The zero-order valence-corrected chi connectivity index (χ0v) is 9.36. The summed E-state index contributed by atoms with van der Waals surface area (Å²) in [4.78, 5) is 4.18. The number of methoxy groups -OCH3 is 1. The molecule has 1 saturated carbocycles. The topological polar surface area (TPSA) is 34.1 Å². The van der Waals surface area contributed by atoms with Crippen LogP contribution >= 0.6 is 0 Å². The van der Waals surface area contributed by atoms with Gasteiger partial charge in [0.25, 0.3) is 0 Å². The number of nitrogens with zero attached hydrogens (tertiary/aromatic N) is 1. The molecular weight excluding hydrogens is 188 g/mol. The standard InChI is InChI=1S/C12H18N2O/c1-9-8-10(6-7-13-9)14-11-4-3-5-12(11)15-2/h6-8,11-12H,3-5H2,1-2H3,(H,13,14). The van der Waals surface area contributed by atoms with Crippen LogP contribution in [-0.2, 0) is 4.74 Å². The minimum absolute atomic E-state index is 0.360. The monoisotopic (exact) mass is 206 g/mol. The molecule has 15 heavy (non-hydrogen) atoms. The molecule has 0 amide bonds. The molecule has 0 bridgehead atoms. The summed E-state index contributed by atoms with van der Waals surface area (Å²) in [5.74, 6) is 0. The van der Waals surface area contributed by atoms with Crippen molar-refractivity contribution in [2.75, 3.05) is 12.4 Å². The first-order chi connectivity index (χ1) is 7.29. The van der Waals surface area contributed by atoms with E-state index in [9.17, 15) is 0 Å². The first-order valence-corrected chi connectivity index (χ1v) is 5.51. The van der Waals surface area contributed by atoms with Crippen LogP contribution in [0.3, 0.4) is 0 Å². The largest absolute Gasteiger partial charge is 0.380 e. The van der Waals surface area contributed by atoms with Crippen molar-refractivity contribution in [2.24, 2.45) is 0 Å². The van der Waals surface area contributed by atoms with E-state index in [1.54, 1.807) is 7.11 Å². The molecular formula is C12H18N2O. The molecule has 2 atom stereocenters. The predicted octanol–water partition coefficient (Wildman–Crippen LogP) is 2.37. The Labute approximate surface area is 90.9 Å². The van der Waals surface area contributed by atoms with Gasteiger partial charge >= 0.3 is 0 Å². The van der Waals surface area contributed by atoms with Gasteiger partial charge in [-0.25, -0.2) is 0 Å². The van der Waals surface area contributed by atoms with Crippen molar-refractivity contribution >= 4 is 5.69 Å². The van der Waals surface area contributed by atoms with E-state index in [0.29, 0.717) is 12.1 Å². The Morgan fingerprint density at radius 2 is 2.33 bits per heavy atom. The van der Waals surface area contributed by atoms with Crippen LogP contribution in [0, 0.1) is 6.92 Å². The lowest BCUT2D eigenvalue weighted by molar-refractivity contribution is 0.101. The van der Waals surface area contributed by atoms with Gasteiger partial charge in [0.15, 0.2) is 0 Å². The average Bonchev–Trinajstić information content (AvgIpc) is 2.65. The number of ether oxygens (including phenoxy) is 1. The van der Waals surface area contributed by atoms with E-state index in [2.05, 4.69) is 16.4 Å². The van der Waals surface area contributed by atoms with Crippen molar-refractivity contribution in [1.82, 2.24) is 4.98 Å². The quantitative estimate of drug-likeness (QED) is 0.824. The molecule has 1 aliphatic carbocycles. The molecule has 2 rings (SSSR count). The van der Waals surface area contributed by atoms with Gasteiger partial charge in [0, 0.05) is 24.7 Å². The Morgan fingerprint density at radius 1 is 1.47 bits per heavy atom. The maximum absolute atomic E-state index is 5.45. The number of anilines is 1. The summed E-state index contributed by atoms with van der Waals surface area (Å²) >= 11 is 0. The number of rotatable bonds is 3. The van der Waals surface area contributed by atoms with E-state index < -0.39 is 0 Å². The molecule has 3 heteroatoms. The van der Waals surface area contributed by atoms with Crippen molar-refractivity contribution in [2.45, 2.75) is 38.3 Å². The Morgan fingerprint density at radius 3 is 3.07 bits per heavy atom. The Hall–Kier alpha value is -1.09. The van der Waals surface area contributed by atoms with E-state index >= 15 is 0 Å². The molecule has 1 N–H and O–H groups in total. The Bertz CT molecular complexity index is 327. The number of aryl methyl sites for hydroxylation is 1. The maximum Gasteiger partial charge on any atom is 0.0772 e.